The van der Waals surface area contributed by atoms with Crippen LogP contribution >= 0.6 is 0 Å². The molecule has 1 heterocycles. The molecule has 0 fully saturated rings. The van der Waals surface area contributed by atoms with Crippen LogP contribution in [0.3, 0.4) is 0 Å². The van der Waals surface area contributed by atoms with Gasteiger partial charge in [0.05, 0.1) is 17.3 Å². The quantitative estimate of drug-likeness (QED) is 0.870. The molecule has 0 radical (unpaired) electrons. The van der Waals surface area contributed by atoms with Crippen molar-refractivity contribution in [3.05, 3.63) is 53.1 Å². The maximum absolute atomic E-state index is 13.7. The van der Waals surface area contributed by atoms with Gasteiger partial charge in [-0.2, -0.15) is 18.3 Å². The molecule has 4 nitrogen and oxygen atoms in total. The molecule has 1 atom stereocenters. The molecular weight excluding hydrogens is 326 g/mol. The summed E-state index contributed by atoms with van der Waals surface area (Å²) in [5.74, 6) is -1.25. The van der Waals surface area contributed by atoms with Crippen molar-refractivity contribution in [1.82, 2.24) is 15.1 Å². The summed E-state index contributed by atoms with van der Waals surface area (Å²) < 4.78 is 52.0. The van der Waals surface area contributed by atoms with Crippen molar-refractivity contribution in [3.8, 4) is 0 Å². The molecule has 8 heteroatoms. The van der Waals surface area contributed by atoms with Gasteiger partial charge in [-0.15, -0.1) is 0 Å². The average molecular weight is 341 g/mol. The Balaban J connectivity index is 1.80. The molecule has 1 aliphatic rings. The van der Waals surface area contributed by atoms with Crippen LogP contribution in [0.15, 0.2) is 30.5 Å². The van der Waals surface area contributed by atoms with Crippen molar-refractivity contribution in [2.45, 2.75) is 38.0 Å². The van der Waals surface area contributed by atoms with Gasteiger partial charge < -0.3 is 5.32 Å². The van der Waals surface area contributed by atoms with E-state index < -0.39 is 30.5 Å². The molecule has 128 valence electrons. The number of nitrogens with zero attached hydrogens (tertiary/aromatic N) is 2. The molecule has 0 unspecified atom stereocenters. The molecule has 0 aliphatic heterocycles. The van der Waals surface area contributed by atoms with Gasteiger partial charge in [0.1, 0.15) is 12.4 Å². The van der Waals surface area contributed by atoms with Crippen LogP contribution in [-0.2, 0) is 13.0 Å². The van der Waals surface area contributed by atoms with Crippen molar-refractivity contribution in [2.75, 3.05) is 0 Å². The molecule has 1 N–H and O–H groups in total. The average Bonchev–Trinajstić information content (AvgIpc) is 2.88. The van der Waals surface area contributed by atoms with E-state index >= 15 is 0 Å². The lowest BCUT2D eigenvalue weighted by Gasteiger charge is -2.22. The molecule has 1 aromatic carbocycles. The van der Waals surface area contributed by atoms with Crippen LogP contribution in [0, 0.1) is 5.82 Å². The summed E-state index contributed by atoms with van der Waals surface area (Å²) in [7, 11) is 0. The number of halogens is 4. The van der Waals surface area contributed by atoms with E-state index in [2.05, 4.69) is 10.4 Å². The monoisotopic (exact) mass is 341 g/mol. The summed E-state index contributed by atoms with van der Waals surface area (Å²) >= 11 is 0. The topological polar surface area (TPSA) is 46.9 Å². The number of aromatic nitrogens is 2. The van der Waals surface area contributed by atoms with Gasteiger partial charge in [0.25, 0.3) is 5.91 Å². The molecule has 0 saturated heterocycles. The fraction of sp³-hybridized carbons (Fsp3) is 0.375. The second kappa shape index (κ2) is 6.26. The van der Waals surface area contributed by atoms with E-state index in [0.29, 0.717) is 30.5 Å². The molecule has 3 rings (SSSR count). The predicted molar refractivity (Wildman–Crippen MR) is 77.8 cm³/mol. The van der Waals surface area contributed by atoms with Gasteiger partial charge in [0.15, 0.2) is 0 Å². The number of fused-ring (bicyclic) bond motifs is 1. The molecule has 0 saturated carbocycles. The van der Waals surface area contributed by atoms with Gasteiger partial charge >= 0.3 is 6.18 Å². The Kier molecular flexibility index (Phi) is 4.29. The van der Waals surface area contributed by atoms with Gasteiger partial charge in [-0.3, -0.25) is 9.48 Å². The second-order valence-electron chi connectivity index (χ2n) is 5.75. The van der Waals surface area contributed by atoms with Gasteiger partial charge in [-0.05, 0) is 37.0 Å². The summed E-state index contributed by atoms with van der Waals surface area (Å²) in [5.41, 5.74) is 1.01. The van der Waals surface area contributed by atoms with Crippen LogP contribution in [0.2, 0.25) is 0 Å². The Morgan fingerprint density at radius 3 is 2.79 bits per heavy atom. The summed E-state index contributed by atoms with van der Waals surface area (Å²) in [4.78, 5) is 12.2. The highest BCUT2D eigenvalue weighted by Gasteiger charge is 2.31. The van der Waals surface area contributed by atoms with E-state index in [-0.39, 0.29) is 5.56 Å². The van der Waals surface area contributed by atoms with Crippen molar-refractivity contribution in [1.29, 1.82) is 0 Å². The molecule has 1 amide bonds. The Labute approximate surface area is 135 Å². The number of aryl methyl sites for hydroxylation is 1. The first-order chi connectivity index (χ1) is 11.3. The van der Waals surface area contributed by atoms with Crippen LogP contribution in [0.25, 0.3) is 0 Å². The van der Waals surface area contributed by atoms with Gasteiger partial charge in [0.2, 0.25) is 0 Å². The fourth-order valence-electron chi connectivity index (χ4n) is 2.88. The highest BCUT2D eigenvalue weighted by Crippen LogP contribution is 2.30. The Morgan fingerprint density at radius 2 is 2.08 bits per heavy atom. The number of benzene rings is 1. The number of hydrogen-bond donors (Lipinski definition) is 1. The number of amides is 1. The minimum atomic E-state index is -4.36. The van der Waals surface area contributed by atoms with Crippen LogP contribution in [0.4, 0.5) is 17.6 Å². The predicted octanol–water partition coefficient (Wildman–Crippen LogP) is 3.39. The summed E-state index contributed by atoms with van der Waals surface area (Å²) in [6.07, 6.45) is -1.12. The first kappa shape index (κ1) is 16.5. The van der Waals surface area contributed by atoms with E-state index in [9.17, 15) is 22.4 Å². The zero-order chi connectivity index (χ0) is 17.3. The standard InChI is InChI=1S/C16H15F4N3O/c17-12-6-2-1-5-11(12)15(24)21-13-7-3-4-10-8-23(22-14(10)13)9-16(18,19)20/h1-2,5-6,8,13H,3-4,7,9H2,(H,21,24)/t13-/m1/s1. The number of alkyl halides is 3. The lowest BCUT2D eigenvalue weighted by molar-refractivity contribution is -0.142. The van der Waals surface area contributed by atoms with Crippen LogP contribution in [0.1, 0.15) is 40.5 Å². The van der Waals surface area contributed by atoms with Gasteiger partial charge in [0, 0.05) is 6.20 Å². The number of rotatable bonds is 3. The number of hydrogen-bond acceptors (Lipinski definition) is 2. The van der Waals surface area contributed by atoms with Crippen LogP contribution < -0.4 is 5.32 Å². The van der Waals surface area contributed by atoms with E-state index in [1.807, 2.05) is 0 Å². The first-order valence-corrected chi connectivity index (χ1v) is 7.52. The highest BCUT2D eigenvalue weighted by molar-refractivity contribution is 5.94. The molecule has 1 aromatic heterocycles. The lowest BCUT2D eigenvalue weighted by Crippen LogP contribution is -2.31. The normalized spacial score (nSPS) is 17.4. The Bertz CT molecular complexity index is 754. The maximum atomic E-state index is 13.7. The van der Waals surface area contributed by atoms with E-state index in [1.165, 1.54) is 24.4 Å². The van der Waals surface area contributed by atoms with Crippen molar-refractivity contribution < 1.29 is 22.4 Å². The molecule has 0 bridgehead atoms. The smallest absolute Gasteiger partial charge is 0.343 e. The molecule has 24 heavy (non-hydrogen) atoms. The summed E-state index contributed by atoms with van der Waals surface area (Å²) in [6.45, 7) is -1.17. The fourth-order valence-corrected chi connectivity index (χ4v) is 2.88. The minimum absolute atomic E-state index is 0.0978. The SMILES string of the molecule is O=C(N[C@@H]1CCCc2cn(CC(F)(F)F)nc21)c1ccccc1F. The van der Waals surface area contributed by atoms with Gasteiger partial charge in [-0.1, -0.05) is 12.1 Å². The highest BCUT2D eigenvalue weighted by atomic mass is 19.4. The Morgan fingerprint density at radius 1 is 1.33 bits per heavy atom. The first-order valence-electron chi connectivity index (χ1n) is 7.52. The molecular formula is C16H15F4N3O. The van der Waals surface area contributed by atoms with E-state index in [4.69, 9.17) is 0 Å². The minimum Gasteiger partial charge on any atom is -0.343 e. The second-order valence-corrected chi connectivity index (χ2v) is 5.75. The third-order valence-corrected chi connectivity index (χ3v) is 3.90. The third kappa shape index (κ3) is 3.58. The van der Waals surface area contributed by atoms with Crippen molar-refractivity contribution in [3.63, 3.8) is 0 Å². The zero-order valence-electron chi connectivity index (χ0n) is 12.6. The van der Waals surface area contributed by atoms with E-state index in [1.54, 1.807) is 6.07 Å². The zero-order valence-corrected chi connectivity index (χ0v) is 12.6. The van der Waals surface area contributed by atoms with E-state index in [0.717, 1.165) is 4.68 Å². The lowest BCUT2D eigenvalue weighted by atomic mass is 9.93. The van der Waals surface area contributed by atoms with Crippen molar-refractivity contribution in [2.24, 2.45) is 0 Å². The van der Waals surface area contributed by atoms with Crippen LogP contribution in [-0.4, -0.2) is 21.9 Å². The molecule has 2 aromatic rings. The number of nitrogens with one attached hydrogen (secondary N) is 1. The maximum Gasteiger partial charge on any atom is 0.408 e. The van der Waals surface area contributed by atoms with Crippen LogP contribution in [0.5, 0.6) is 0 Å². The summed E-state index contributed by atoms with van der Waals surface area (Å²) in [6, 6.07) is 5.04. The number of carbonyl (C=O) groups excluding carboxylic acids is 1. The third-order valence-electron chi connectivity index (χ3n) is 3.90. The Hall–Kier alpha value is -2.38. The van der Waals surface area contributed by atoms with Gasteiger partial charge in [-0.25, -0.2) is 4.39 Å². The molecule has 1 aliphatic carbocycles. The summed E-state index contributed by atoms with van der Waals surface area (Å²) in [5, 5.41) is 6.65. The largest absolute Gasteiger partial charge is 0.408 e. The molecule has 0 spiro atoms. The van der Waals surface area contributed by atoms with Crippen molar-refractivity contribution >= 4 is 5.91 Å². The number of carbonyl (C=O) groups is 1.